The molecule has 4 heterocycles. The number of imidazole rings is 1. The zero-order valence-electron chi connectivity index (χ0n) is 17.0. The second-order valence-electron chi connectivity index (χ2n) is 7.74. The molecule has 1 aliphatic heterocycles. The fourth-order valence-corrected chi connectivity index (χ4v) is 3.88. The minimum absolute atomic E-state index is 0.181. The van der Waals surface area contributed by atoms with E-state index in [1.54, 1.807) is 18.6 Å². The lowest BCUT2D eigenvalue weighted by Gasteiger charge is -2.32. The van der Waals surface area contributed by atoms with Crippen molar-refractivity contribution in [3.05, 3.63) is 60.1 Å². The van der Waals surface area contributed by atoms with Gasteiger partial charge in [0.25, 0.3) is 0 Å². The van der Waals surface area contributed by atoms with Crippen LogP contribution in [0.5, 0.6) is 0 Å². The molecule has 0 spiro atoms. The number of pyridine rings is 1. The fraction of sp³-hybridized carbons (Fsp3) is 0.409. The van der Waals surface area contributed by atoms with Crippen molar-refractivity contribution in [2.45, 2.75) is 32.6 Å². The van der Waals surface area contributed by atoms with Gasteiger partial charge < -0.3 is 9.47 Å². The Labute approximate surface area is 170 Å². The Morgan fingerprint density at radius 1 is 1.21 bits per heavy atom. The number of carbonyl (C=O) groups is 1. The lowest BCUT2D eigenvalue weighted by atomic mass is 9.93. The molecule has 0 aliphatic carbocycles. The highest BCUT2D eigenvalue weighted by Crippen LogP contribution is 2.23. The number of aryl methyl sites for hydroxylation is 2. The number of likely N-dealkylation sites (tertiary alicyclic amines) is 1. The molecule has 0 aromatic carbocycles. The summed E-state index contributed by atoms with van der Waals surface area (Å²) in [5.41, 5.74) is 2.79. The number of amides is 1. The van der Waals surface area contributed by atoms with Crippen molar-refractivity contribution < 1.29 is 4.79 Å². The molecule has 1 fully saturated rings. The summed E-state index contributed by atoms with van der Waals surface area (Å²) in [6.07, 6.45) is 10.4. The van der Waals surface area contributed by atoms with E-state index in [-0.39, 0.29) is 5.91 Å². The van der Waals surface area contributed by atoms with Crippen LogP contribution < -0.4 is 0 Å². The highest BCUT2D eigenvalue weighted by atomic mass is 16.2. The van der Waals surface area contributed by atoms with E-state index in [0.717, 1.165) is 61.0 Å². The van der Waals surface area contributed by atoms with Crippen LogP contribution in [0.1, 0.15) is 29.9 Å². The largest absolute Gasteiger partial charge is 0.342 e. The molecule has 1 amide bonds. The molecule has 1 aliphatic rings. The molecular weight excluding hydrogens is 364 g/mol. The van der Waals surface area contributed by atoms with Gasteiger partial charge in [0, 0.05) is 57.0 Å². The van der Waals surface area contributed by atoms with Gasteiger partial charge in [-0.2, -0.15) is 0 Å². The van der Waals surface area contributed by atoms with Crippen LogP contribution >= 0.6 is 0 Å². The summed E-state index contributed by atoms with van der Waals surface area (Å²) < 4.78 is 1.97. The lowest BCUT2D eigenvalue weighted by molar-refractivity contribution is -0.131. The van der Waals surface area contributed by atoms with Crippen molar-refractivity contribution in [3.8, 4) is 11.5 Å². The first kappa shape index (κ1) is 19.2. The second kappa shape index (κ2) is 8.51. The Bertz CT molecular complexity index is 976. The Balaban J connectivity index is 1.36. The number of piperidine rings is 1. The number of hydrogen-bond donors (Lipinski definition) is 0. The van der Waals surface area contributed by atoms with Crippen molar-refractivity contribution in [1.82, 2.24) is 29.4 Å². The Hall–Kier alpha value is -3.09. The van der Waals surface area contributed by atoms with E-state index in [4.69, 9.17) is 4.98 Å². The molecular formula is C22H26N6O. The predicted octanol–water partition coefficient (Wildman–Crippen LogP) is 2.60. The third-order valence-electron chi connectivity index (χ3n) is 5.47. The zero-order valence-corrected chi connectivity index (χ0v) is 17.0. The molecule has 0 bridgehead atoms. The smallest absolute Gasteiger partial charge is 0.227 e. The SMILES string of the molecule is Cc1cc(-c2nccn2C)nc(CC2CCN(C(=O)Cc3cccnc3)CC2)n1. The molecule has 3 aromatic heterocycles. The first-order valence-corrected chi connectivity index (χ1v) is 10.1. The molecule has 0 unspecified atom stereocenters. The molecule has 29 heavy (non-hydrogen) atoms. The van der Waals surface area contributed by atoms with E-state index in [0.29, 0.717) is 12.3 Å². The normalized spacial score (nSPS) is 14.9. The molecule has 3 aromatic rings. The first-order chi connectivity index (χ1) is 14.1. The van der Waals surface area contributed by atoms with Crippen LogP contribution in [0.25, 0.3) is 11.5 Å². The maximum absolute atomic E-state index is 12.5. The van der Waals surface area contributed by atoms with Gasteiger partial charge >= 0.3 is 0 Å². The second-order valence-corrected chi connectivity index (χ2v) is 7.74. The van der Waals surface area contributed by atoms with Gasteiger partial charge in [-0.3, -0.25) is 9.78 Å². The van der Waals surface area contributed by atoms with Crippen LogP contribution in [-0.2, 0) is 24.7 Å². The highest BCUT2D eigenvalue weighted by molar-refractivity contribution is 5.78. The topological polar surface area (TPSA) is 76.8 Å². The monoisotopic (exact) mass is 390 g/mol. The molecule has 150 valence electrons. The average molecular weight is 390 g/mol. The average Bonchev–Trinajstić information content (AvgIpc) is 3.15. The third kappa shape index (κ3) is 4.67. The van der Waals surface area contributed by atoms with E-state index in [1.165, 1.54) is 0 Å². The molecule has 4 rings (SSSR count). The number of carbonyl (C=O) groups excluding carboxylic acids is 1. The maximum atomic E-state index is 12.5. The summed E-state index contributed by atoms with van der Waals surface area (Å²) in [7, 11) is 1.97. The highest BCUT2D eigenvalue weighted by Gasteiger charge is 2.24. The van der Waals surface area contributed by atoms with Gasteiger partial charge in [-0.1, -0.05) is 6.07 Å². The van der Waals surface area contributed by atoms with Gasteiger partial charge in [0.1, 0.15) is 11.5 Å². The van der Waals surface area contributed by atoms with Gasteiger partial charge in [0.05, 0.1) is 6.42 Å². The van der Waals surface area contributed by atoms with Gasteiger partial charge in [-0.15, -0.1) is 0 Å². The number of rotatable bonds is 5. The van der Waals surface area contributed by atoms with Crippen molar-refractivity contribution in [2.24, 2.45) is 13.0 Å². The van der Waals surface area contributed by atoms with E-state index in [9.17, 15) is 4.79 Å². The van der Waals surface area contributed by atoms with E-state index >= 15 is 0 Å². The van der Waals surface area contributed by atoms with Crippen molar-refractivity contribution in [3.63, 3.8) is 0 Å². The van der Waals surface area contributed by atoms with Crippen LogP contribution in [0, 0.1) is 12.8 Å². The maximum Gasteiger partial charge on any atom is 0.227 e. The molecule has 7 heteroatoms. The summed E-state index contributed by atoms with van der Waals surface area (Å²) >= 11 is 0. The summed E-state index contributed by atoms with van der Waals surface area (Å²) in [4.78, 5) is 32.4. The molecule has 7 nitrogen and oxygen atoms in total. The number of nitrogens with zero attached hydrogens (tertiary/aromatic N) is 6. The quantitative estimate of drug-likeness (QED) is 0.669. The molecule has 0 radical (unpaired) electrons. The molecule has 0 atom stereocenters. The van der Waals surface area contributed by atoms with Gasteiger partial charge in [-0.25, -0.2) is 15.0 Å². The standard InChI is InChI=1S/C22H26N6O/c1-16-12-19(22-24-8-11-27(22)2)26-20(25-16)13-17-5-9-28(10-6-17)21(29)14-18-4-3-7-23-15-18/h3-4,7-8,11-12,15,17H,5-6,9-10,13-14H2,1-2H3. The van der Waals surface area contributed by atoms with Crippen LogP contribution in [-0.4, -0.2) is 48.4 Å². The van der Waals surface area contributed by atoms with Crippen molar-refractivity contribution in [2.75, 3.05) is 13.1 Å². The number of aromatic nitrogens is 5. The van der Waals surface area contributed by atoms with Crippen LogP contribution in [0.2, 0.25) is 0 Å². The molecule has 0 N–H and O–H groups in total. The summed E-state index contributed by atoms with van der Waals surface area (Å²) in [5.74, 6) is 2.39. The predicted molar refractivity (Wildman–Crippen MR) is 110 cm³/mol. The number of hydrogen-bond acceptors (Lipinski definition) is 5. The van der Waals surface area contributed by atoms with Gasteiger partial charge in [-0.05, 0) is 43.4 Å². The van der Waals surface area contributed by atoms with Gasteiger partial charge in [0.2, 0.25) is 5.91 Å². The minimum atomic E-state index is 0.181. The van der Waals surface area contributed by atoms with E-state index < -0.39 is 0 Å². The van der Waals surface area contributed by atoms with E-state index in [1.807, 2.05) is 47.8 Å². The Morgan fingerprint density at radius 2 is 2.03 bits per heavy atom. The molecule has 1 saturated heterocycles. The zero-order chi connectivity index (χ0) is 20.2. The Kier molecular flexibility index (Phi) is 5.64. The van der Waals surface area contributed by atoms with Crippen LogP contribution in [0.15, 0.2) is 43.0 Å². The first-order valence-electron chi connectivity index (χ1n) is 10.1. The van der Waals surface area contributed by atoms with Crippen molar-refractivity contribution >= 4 is 5.91 Å². The van der Waals surface area contributed by atoms with Gasteiger partial charge in [0.15, 0.2) is 5.82 Å². The van der Waals surface area contributed by atoms with E-state index in [2.05, 4.69) is 15.0 Å². The fourth-order valence-electron chi connectivity index (χ4n) is 3.88. The van der Waals surface area contributed by atoms with Crippen LogP contribution in [0.3, 0.4) is 0 Å². The Morgan fingerprint density at radius 3 is 2.72 bits per heavy atom. The third-order valence-corrected chi connectivity index (χ3v) is 5.47. The minimum Gasteiger partial charge on any atom is -0.342 e. The summed E-state index contributed by atoms with van der Waals surface area (Å²) in [6, 6.07) is 5.80. The summed E-state index contributed by atoms with van der Waals surface area (Å²) in [6.45, 7) is 3.58. The van der Waals surface area contributed by atoms with Crippen molar-refractivity contribution in [1.29, 1.82) is 0 Å². The molecule has 0 saturated carbocycles. The summed E-state index contributed by atoms with van der Waals surface area (Å²) in [5, 5.41) is 0. The van der Waals surface area contributed by atoms with Crippen LogP contribution in [0.4, 0.5) is 0 Å². The lowest BCUT2D eigenvalue weighted by Crippen LogP contribution is -2.39.